The Balaban J connectivity index is 1.97. The number of hydrogen-bond donors (Lipinski definition) is 1. The Hall–Kier alpha value is -2.13. The normalized spacial score (nSPS) is 11.4. The van der Waals surface area contributed by atoms with Gasteiger partial charge in [0.25, 0.3) is 0 Å². The fraction of sp³-hybridized carbons (Fsp3) is 0.0625. The molecule has 0 unspecified atom stereocenters. The average Bonchev–Trinajstić information content (AvgIpc) is 2.83. The molecule has 0 aliphatic carbocycles. The van der Waals surface area contributed by atoms with Crippen LogP contribution in [0.2, 0.25) is 0 Å². The summed E-state index contributed by atoms with van der Waals surface area (Å²) >= 11 is 1.75. The van der Waals surface area contributed by atoms with Crippen LogP contribution < -0.4 is 0 Å². The highest BCUT2D eigenvalue weighted by Gasteiger charge is 2.01. The number of para-hydroxylation sites is 1. The van der Waals surface area contributed by atoms with E-state index >= 15 is 0 Å². The lowest BCUT2D eigenvalue weighted by Crippen LogP contribution is -1.83. The molecule has 0 radical (unpaired) electrons. The Kier molecular flexibility index (Phi) is 3.05. The maximum atomic E-state index is 9.80. The van der Waals surface area contributed by atoms with Crippen LogP contribution in [-0.2, 0) is 0 Å². The minimum atomic E-state index is 0.222. The highest BCUT2D eigenvalue weighted by Crippen LogP contribution is 2.23. The van der Waals surface area contributed by atoms with Crippen molar-refractivity contribution < 1.29 is 5.11 Å². The van der Waals surface area contributed by atoms with Gasteiger partial charge in [-0.15, -0.1) is 11.3 Å². The molecule has 3 rings (SSSR count). The first kappa shape index (κ1) is 11.9. The minimum absolute atomic E-state index is 0.222. The minimum Gasteiger partial charge on any atom is -0.506 e. The molecule has 2 nitrogen and oxygen atoms in total. The molecule has 2 heterocycles. The zero-order valence-electron chi connectivity index (χ0n) is 10.5. The van der Waals surface area contributed by atoms with Crippen LogP contribution in [0.1, 0.15) is 15.4 Å². The molecular weight excluding hydrogens is 254 g/mol. The second-order valence-corrected chi connectivity index (χ2v) is 5.69. The highest BCUT2D eigenvalue weighted by atomic mass is 32.1. The molecule has 0 spiro atoms. The summed E-state index contributed by atoms with van der Waals surface area (Å²) in [6.07, 6.45) is 4.02. The smallest absolute Gasteiger partial charge is 0.141 e. The number of rotatable bonds is 2. The molecule has 1 aromatic carbocycles. The number of aryl methyl sites for hydroxylation is 1. The lowest BCUT2D eigenvalue weighted by Gasteiger charge is -2.00. The molecule has 3 heteroatoms. The first-order valence-electron chi connectivity index (χ1n) is 6.06. The van der Waals surface area contributed by atoms with Crippen molar-refractivity contribution in [2.24, 2.45) is 0 Å². The third-order valence-electron chi connectivity index (χ3n) is 2.90. The van der Waals surface area contributed by atoms with Crippen molar-refractivity contribution in [2.75, 3.05) is 0 Å². The lowest BCUT2D eigenvalue weighted by atomic mass is 10.2. The standard InChI is InChI=1S/C16H13NOS/c1-11-5-9-14(19-11)10-8-13-7-6-12-3-2-4-15(18)16(12)17-13/h2-10,18H,1H3/b10-8+. The van der Waals surface area contributed by atoms with Gasteiger partial charge in [0.15, 0.2) is 0 Å². The number of nitrogens with zero attached hydrogens (tertiary/aromatic N) is 1. The van der Waals surface area contributed by atoms with Gasteiger partial charge in [-0.1, -0.05) is 18.2 Å². The van der Waals surface area contributed by atoms with Crippen LogP contribution in [0.5, 0.6) is 5.75 Å². The van der Waals surface area contributed by atoms with Crippen molar-refractivity contribution in [3.8, 4) is 5.75 Å². The molecule has 2 aromatic heterocycles. The van der Waals surface area contributed by atoms with Gasteiger partial charge in [-0.25, -0.2) is 4.98 Å². The molecule has 0 aliphatic heterocycles. The predicted molar refractivity (Wildman–Crippen MR) is 81.4 cm³/mol. The number of pyridine rings is 1. The van der Waals surface area contributed by atoms with Crippen LogP contribution in [0.15, 0.2) is 42.5 Å². The van der Waals surface area contributed by atoms with Crippen LogP contribution in [0.4, 0.5) is 0 Å². The third kappa shape index (κ3) is 2.51. The summed E-state index contributed by atoms with van der Waals surface area (Å²) in [7, 11) is 0. The van der Waals surface area contributed by atoms with Gasteiger partial charge in [-0.3, -0.25) is 0 Å². The molecule has 0 fully saturated rings. The third-order valence-corrected chi connectivity index (χ3v) is 3.87. The van der Waals surface area contributed by atoms with Gasteiger partial charge in [-0.05, 0) is 43.3 Å². The number of fused-ring (bicyclic) bond motifs is 1. The second-order valence-electron chi connectivity index (χ2n) is 4.37. The average molecular weight is 267 g/mol. The Labute approximate surface area is 115 Å². The summed E-state index contributed by atoms with van der Waals surface area (Å²) in [5, 5.41) is 10.7. The molecule has 0 amide bonds. The first-order chi connectivity index (χ1) is 9.22. The predicted octanol–water partition coefficient (Wildman–Crippen LogP) is 4.48. The van der Waals surface area contributed by atoms with Gasteiger partial charge in [0.2, 0.25) is 0 Å². The molecule has 0 aliphatic rings. The van der Waals surface area contributed by atoms with E-state index in [0.717, 1.165) is 11.1 Å². The molecule has 19 heavy (non-hydrogen) atoms. The van der Waals surface area contributed by atoms with Gasteiger partial charge in [0.1, 0.15) is 11.3 Å². The zero-order chi connectivity index (χ0) is 13.2. The summed E-state index contributed by atoms with van der Waals surface area (Å²) in [5.74, 6) is 0.222. The van der Waals surface area contributed by atoms with E-state index < -0.39 is 0 Å². The largest absolute Gasteiger partial charge is 0.506 e. The Morgan fingerprint density at radius 2 is 1.95 bits per heavy atom. The van der Waals surface area contributed by atoms with E-state index in [1.54, 1.807) is 17.4 Å². The highest BCUT2D eigenvalue weighted by molar-refractivity contribution is 7.12. The number of benzene rings is 1. The number of phenolic OH excluding ortho intramolecular Hbond substituents is 1. The Morgan fingerprint density at radius 1 is 1.05 bits per heavy atom. The summed E-state index contributed by atoms with van der Waals surface area (Å²) < 4.78 is 0. The molecule has 0 atom stereocenters. The van der Waals surface area contributed by atoms with Gasteiger partial charge in [-0.2, -0.15) is 0 Å². The van der Waals surface area contributed by atoms with Crippen molar-refractivity contribution in [1.29, 1.82) is 0 Å². The van der Waals surface area contributed by atoms with Crippen LogP contribution in [-0.4, -0.2) is 10.1 Å². The Morgan fingerprint density at radius 3 is 2.74 bits per heavy atom. The topological polar surface area (TPSA) is 33.1 Å². The van der Waals surface area contributed by atoms with E-state index in [4.69, 9.17) is 0 Å². The number of aromatic hydroxyl groups is 1. The molecule has 0 bridgehead atoms. The van der Waals surface area contributed by atoms with Gasteiger partial charge < -0.3 is 5.11 Å². The molecule has 94 valence electrons. The fourth-order valence-corrected chi connectivity index (χ4v) is 2.73. The fourth-order valence-electron chi connectivity index (χ4n) is 1.95. The van der Waals surface area contributed by atoms with Crippen molar-refractivity contribution in [3.63, 3.8) is 0 Å². The Bertz CT molecular complexity index is 758. The quantitative estimate of drug-likeness (QED) is 0.742. The number of hydrogen-bond acceptors (Lipinski definition) is 3. The first-order valence-corrected chi connectivity index (χ1v) is 6.87. The van der Waals surface area contributed by atoms with Crippen molar-refractivity contribution >= 4 is 34.4 Å². The van der Waals surface area contributed by atoms with E-state index in [2.05, 4.69) is 24.0 Å². The van der Waals surface area contributed by atoms with E-state index in [9.17, 15) is 5.11 Å². The molecule has 0 saturated heterocycles. The van der Waals surface area contributed by atoms with Crippen LogP contribution in [0, 0.1) is 6.92 Å². The molecule has 3 aromatic rings. The summed E-state index contributed by atoms with van der Waals surface area (Å²) in [6.45, 7) is 2.09. The van der Waals surface area contributed by atoms with Crippen LogP contribution in [0.25, 0.3) is 23.1 Å². The summed E-state index contributed by atoms with van der Waals surface area (Å²) in [6, 6.07) is 13.5. The van der Waals surface area contributed by atoms with Gasteiger partial charge in [0.05, 0.1) is 5.69 Å². The van der Waals surface area contributed by atoms with E-state index in [0.29, 0.717) is 5.52 Å². The van der Waals surface area contributed by atoms with E-state index in [1.807, 2.05) is 36.4 Å². The second kappa shape index (κ2) is 4.86. The number of thiophene rings is 1. The molecular formula is C16H13NOS. The summed E-state index contributed by atoms with van der Waals surface area (Å²) in [4.78, 5) is 6.96. The molecule has 1 N–H and O–H groups in total. The number of phenols is 1. The van der Waals surface area contributed by atoms with E-state index in [-0.39, 0.29) is 5.75 Å². The monoisotopic (exact) mass is 267 g/mol. The van der Waals surface area contributed by atoms with Crippen molar-refractivity contribution in [1.82, 2.24) is 4.98 Å². The number of aromatic nitrogens is 1. The SMILES string of the molecule is Cc1ccc(/C=C/c2ccc3cccc(O)c3n2)s1. The zero-order valence-corrected chi connectivity index (χ0v) is 11.3. The summed E-state index contributed by atoms with van der Waals surface area (Å²) in [5.41, 5.74) is 1.49. The maximum Gasteiger partial charge on any atom is 0.141 e. The van der Waals surface area contributed by atoms with Crippen molar-refractivity contribution in [3.05, 3.63) is 57.9 Å². The molecule has 0 saturated carbocycles. The van der Waals surface area contributed by atoms with Crippen LogP contribution in [0.3, 0.4) is 0 Å². The van der Waals surface area contributed by atoms with Crippen molar-refractivity contribution in [2.45, 2.75) is 6.92 Å². The van der Waals surface area contributed by atoms with Gasteiger partial charge >= 0.3 is 0 Å². The lowest BCUT2D eigenvalue weighted by molar-refractivity contribution is 0.480. The van der Waals surface area contributed by atoms with E-state index in [1.165, 1.54) is 9.75 Å². The van der Waals surface area contributed by atoms with Gasteiger partial charge in [0, 0.05) is 15.1 Å². The maximum absolute atomic E-state index is 9.80. The van der Waals surface area contributed by atoms with Crippen LogP contribution >= 0.6 is 11.3 Å².